The van der Waals surface area contributed by atoms with Crippen LogP contribution in [0.4, 0.5) is 10.8 Å². The van der Waals surface area contributed by atoms with Crippen LogP contribution in [0.15, 0.2) is 28.6 Å². The lowest BCUT2D eigenvalue weighted by Crippen LogP contribution is -2.40. The van der Waals surface area contributed by atoms with Crippen molar-refractivity contribution >= 4 is 39.8 Å². The Morgan fingerprint density at radius 3 is 3.00 bits per heavy atom. The van der Waals surface area contributed by atoms with Crippen molar-refractivity contribution in [3.8, 4) is 0 Å². The number of rotatable bonds is 4. The van der Waals surface area contributed by atoms with E-state index in [0.717, 1.165) is 35.8 Å². The fourth-order valence-electron chi connectivity index (χ4n) is 2.63. The number of nitrogens with zero attached hydrogens (tertiary/aromatic N) is 3. The van der Waals surface area contributed by atoms with Crippen molar-refractivity contribution in [1.29, 1.82) is 0 Å². The zero-order valence-corrected chi connectivity index (χ0v) is 14.0. The summed E-state index contributed by atoms with van der Waals surface area (Å²) in [5, 5.41) is 8.11. The Bertz CT molecular complexity index is 673. The van der Waals surface area contributed by atoms with Gasteiger partial charge in [-0.25, -0.2) is 0 Å². The second kappa shape index (κ2) is 6.66. The van der Waals surface area contributed by atoms with E-state index in [0.29, 0.717) is 5.13 Å². The third-order valence-corrected chi connectivity index (χ3v) is 5.88. The van der Waals surface area contributed by atoms with E-state index in [1.165, 1.54) is 28.7 Å². The van der Waals surface area contributed by atoms with Gasteiger partial charge in [0, 0.05) is 12.2 Å². The van der Waals surface area contributed by atoms with Gasteiger partial charge in [0.15, 0.2) is 4.34 Å². The third kappa shape index (κ3) is 3.10. The van der Waals surface area contributed by atoms with Crippen LogP contribution in [-0.4, -0.2) is 27.9 Å². The van der Waals surface area contributed by atoms with Gasteiger partial charge in [-0.15, -0.1) is 10.2 Å². The summed E-state index contributed by atoms with van der Waals surface area (Å²) in [6, 6.07) is 8.16. The molecule has 0 saturated carbocycles. The van der Waals surface area contributed by atoms with Gasteiger partial charge >= 0.3 is 0 Å². The van der Waals surface area contributed by atoms with Crippen LogP contribution in [0.5, 0.6) is 0 Å². The molecular weight excluding hydrogens is 316 g/mol. The number of aryl methyl sites for hydroxylation is 1. The van der Waals surface area contributed by atoms with Crippen molar-refractivity contribution in [3.05, 3.63) is 29.8 Å². The average molecular weight is 334 g/mol. The Balaban J connectivity index is 1.80. The summed E-state index contributed by atoms with van der Waals surface area (Å²) in [5.74, 6) is 0.147. The lowest BCUT2D eigenvalue weighted by atomic mass is 10.0. The number of benzene rings is 1. The van der Waals surface area contributed by atoms with Crippen molar-refractivity contribution in [2.75, 3.05) is 17.2 Å². The second-order valence-electron chi connectivity index (χ2n) is 5.14. The Morgan fingerprint density at radius 1 is 1.45 bits per heavy atom. The number of nitrogen functional groups attached to an aromatic ring is 1. The Hall–Kier alpha value is -1.60. The molecule has 0 spiro atoms. The minimum absolute atomic E-state index is 0.147. The number of aromatic nitrogens is 2. The molecule has 2 N–H and O–H groups in total. The topological polar surface area (TPSA) is 72.1 Å². The molecule has 22 heavy (non-hydrogen) atoms. The molecule has 0 fully saturated rings. The largest absolute Gasteiger partial charge is 0.374 e. The van der Waals surface area contributed by atoms with E-state index < -0.39 is 0 Å². The molecule has 0 bridgehead atoms. The molecule has 2 aromatic rings. The number of amides is 1. The summed E-state index contributed by atoms with van der Waals surface area (Å²) in [7, 11) is 0. The lowest BCUT2D eigenvalue weighted by molar-refractivity contribution is -0.118. The van der Waals surface area contributed by atoms with Gasteiger partial charge in [0.25, 0.3) is 0 Å². The molecule has 0 saturated heterocycles. The molecule has 7 heteroatoms. The number of hydrogen-bond donors (Lipinski definition) is 1. The predicted molar refractivity (Wildman–Crippen MR) is 91.4 cm³/mol. The van der Waals surface area contributed by atoms with Crippen LogP contribution in [0, 0.1) is 0 Å². The molecule has 1 aromatic heterocycles. The summed E-state index contributed by atoms with van der Waals surface area (Å²) in [6.45, 7) is 2.81. The van der Waals surface area contributed by atoms with Gasteiger partial charge in [0.1, 0.15) is 0 Å². The standard InChI is InChI=1S/C15H18N4OS2/c1-2-12(21-15-18-17-14(16)22-15)13(20)19-9-5-7-10-6-3-4-8-11(10)19/h3-4,6,8,12H,2,5,7,9H2,1H3,(H2,16,17). The summed E-state index contributed by atoms with van der Waals surface area (Å²) in [6.07, 6.45) is 2.80. The summed E-state index contributed by atoms with van der Waals surface area (Å²) in [4.78, 5) is 14.9. The summed E-state index contributed by atoms with van der Waals surface area (Å²) >= 11 is 2.79. The molecule has 2 heterocycles. The molecule has 0 aliphatic carbocycles. The van der Waals surface area contributed by atoms with E-state index in [-0.39, 0.29) is 11.2 Å². The van der Waals surface area contributed by atoms with Crippen molar-refractivity contribution < 1.29 is 4.79 Å². The number of anilines is 2. The lowest BCUT2D eigenvalue weighted by Gasteiger charge is -2.31. The summed E-state index contributed by atoms with van der Waals surface area (Å²) in [5.41, 5.74) is 7.92. The van der Waals surface area contributed by atoms with Crippen LogP contribution in [-0.2, 0) is 11.2 Å². The smallest absolute Gasteiger partial charge is 0.240 e. The Kier molecular flexibility index (Phi) is 4.63. The van der Waals surface area contributed by atoms with Crippen molar-refractivity contribution in [1.82, 2.24) is 10.2 Å². The third-order valence-electron chi connectivity index (χ3n) is 3.69. The van der Waals surface area contributed by atoms with Crippen molar-refractivity contribution in [3.63, 3.8) is 0 Å². The van der Waals surface area contributed by atoms with Crippen LogP contribution in [0.1, 0.15) is 25.3 Å². The molecule has 1 aliphatic rings. The van der Waals surface area contributed by atoms with E-state index in [2.05, 4.69) is 16.3 Å². The molecular formula is C15H18N4OS2. The van der Waals surface area contributed by atoms with Crippen LogP contribution in [0.25, 0.3) is 0 Å². The van der Waals surface area contributed by atoms with Gasteiger partial charge in [0.05, 0.1) is 5.25 Å². The predicted octanol–water partition coefficient (Wildman–Crippen LogP) is 2.97. The normalized spacial score (nSPS) is 15.4. The fourth-order valence-corrected chi connectivity index (χ4v) is 4.50. The molecule has 116 valence electrons. The molecule has 1 amide bonds. The molecule has 1 unspecified atom stereocenters. The van der Waals surface area contributed by atoms with Gasteiger partial charge in [-0.1, -0.05) is 48.2 Å². The van der Waals surface area contributed by atoms with E-state index in [9.17, 15) is 4.79 Å². The van der Waals surface area contributed by atoms with E-state index in [4.69, 9.17) is 5.73 Å². The number of fused-ring (bicyclic) bond motifs is 1. The second-order valence-corrected chi connectivity index (χ2v) is 7.60. The number of para-hydroxylation sites is 1. The maximum absolute atomic E-state index is 12.9. The first kappa shape index (κ1) is 15.3. The quantitative estimate of drug-likeness (QED) is 0.870. The Labute approximate surface area is 137 Å². The van der Waals surface area contributed by atoms with Crippen molar-refractivity contribution in [2.45, 2.75) is 35.8 Å². The number of carbonyl (C=O) groups excluding carboxylic acids is 1. The highest BCUT2D eigenvalue weighted by atomic mass is 32.2. The molecule has 1 aliphatic heterocycles. The van der Waals surface area contributed by atoms with Gasteiger partial charge in [-0.3, -0.25) is 4.79 Å². The SMILES string of the molecule is CCC(Sc1nnc(N)s1)C(=O)N1CCCc2ccccc21. The van der Waals surface area contributed by atoms with Crippen LogP contribution in [0.2, 0.25) is 0 Å². The minimum Gasteiger partial charge on any atom is -0.374 e. The zero-order valence-electron chi connectivity index (χ0n) is 12.4. The van der Waals surface area contributed by atoms with Crippen molar-refractivity contribution in [2.24, 2.45) is 0 Å². The number of thioether (sulfide) groups is 1. The van der Waals surface area contributed by atoms with Crippen LogP contribution < -0.4 is 10.6 Å². The maximum atomic E-state index is 12.9. The first-order chi connectivity index (χ1) is 10.7. The summed E-state index contributed by atoms with van der Waals surface area (Å²) < 4.78 is 0.753. The number of hydrogen-bond acceptors (Lipinski definition) is 6. The zero-order chi connectivity index (χ0) is 15.5. The Morgan fingerprint density at radius 2 is 2.27 bits per heavy atom. The number of carbonyl (C=O) groups is 1. The van der Waals surface area contributed by atoms with Gasteiger partial charge < -0.3 is 10.6 Å². The van der Waals surface area contributed by atoms with Gasteiger partial charge in [-0.2, -0.15) is 0 Å². The molecule has 1 atom stereocenters. The van der Waals surface area contributed by atoms with E-state index >= 15 is 0 Å². The minimum atomic E-state index is -0.154. The maximum Gasteiger partial charge on any atom is 0.240 e. The highest BCUT2D eigenvalue weighted by Crippen LogP contribution is 2.33. The van der Waals surface area contributed by atoms with E-state index in [1.807, 2.05) is 30.0 Å². The number of nitrogens with two attached hydrogens (primary N) is 1. The van der Waals surface area contributed by atoms with Gasteiger partial charge in [0.2, 0.25) is 11.0 Å². The van der Waals surface area contributed by atoms with Crippen LogP contribution in [0.3, 0.4) is 0 Å². The molecule has 3 rings (SSSR count). The average Bonchev–Trinajstić information content (AvgIpc) is 2.96. The monoisotopic (exact) mass is 334 g/mol. The molecule has 0 radical (unpaired) electrons. The van der Waals surface area contributed by atoms with Gasteiger partial charge in [-0.05, 0) is 30.9 Å². The molecule has 1 aromatic carbocycles. The highest BCUT2D eigenvalue weighted by molar-refractivity contribution is 8.02. The first-order valence-electron chi connectivity index (χ1n) is 7.34. The first-order valence-corrected chi connectivity index (χ1v) is 9.03. The highest BCUT2D eigenvalue weighted by Gasteiger charge is 2.29. The fraction of sp³-hybridized carbons (Fsp3) is 0.400. The van der Waals surface area contributed by atoms with Crippen LogP contribution >= 0.6 is 23.1 Å². The molecule has 5 nitrogen and oxygen atoms in total. The van der Waals surface area contributed by atoms with E-state index in [1.54, 1.807) is 0 Å².